The lowest BCUT2D eigenvalue weighted by molar-refractivity contribution is -0.124. The van der Waals surface area contributed by atoms with Crippen molar-refractivity contribution in [1.82, 2.24) is 0 Å². The van der Waals surface area contributed by atoms with Gasteiger partial charge in [-0.15, -0.1) is 6.58 Å². The smallest absolute Gasteiger partial charge is 0.147 e. The van der Waals surface area contributed by atoms with E-state index in [-0.39, 0.29) is 11.2 Å². The Balaban J connectivity index is 3.15. The zero-order chi connectivity index (χ0) is 12.0. The van der Waals surface area contributed by atoms with Crippen LogP contribution in [0.5, 0.6) is 0 Å². The number of hydrogen-bond donors (Lipinski definition) is 0. The molecule has 0 atom stereocenters. The first-order valence-electron chi connectivity index (χ1n) is 5.91. The second-order valence-corrected chi connectivity index (χ2v) is 4.07. The summed E-state index contributed by atoms with van der Waals surface area (Å²) in [5.41, 5.74) is 0.807. The molecule has 0 aliphatic rings. The van der Waals surface area contributed by atoms with E-state index in [4.69, 9.17) is 0 Å². The number of carbonyl (C=O) groups is 1. The molecule has 0 amide bonds. The van der Waals surface area contributed by atoms with E-state index in [1.165, 1.54) is 0 Å². The Kier molecular flexibility index (Phi) is 4.48. The third kappa shape index (κ3) is 2.24. The Labute approximate surface area is 98.2 Å². The fraction of sp³-hybridized carbons (Fsp3) is 0.400. The van der Waals surface area contributed by atoms with E-state index in [1.807, 2.05) is 30.3 Å². The van der Waals surface area contributed by atoms with Crippen LogP contribution in [-0.4, -0.2) is 5.78 Å². The van der Waals surface area contributed by atoms with Crippen LogP contribution in [0, 0.1) is 0 Å². The summed E-state index contributed by atoms with van der Waals surface area (Å²) < 4.78 is 0. The summed E-state index contributed by atoms with van der Waals surface area (Å²) in [7, 11) is 0. The molecule has 0 heterocycles. The number of allylic oxidation sites excluding steroid dienone is 1. The van der Waals surface area contributed by atoms with Gasteiger partial charge in [-0.2, -0.15) is 0 Å². The number of hydrogen-bond acceptors (Lipinski definition) is 1. The summed E-state index contributed by atoms with van der Waals surface area (Å²) in [6.07, 6.45) is 3.85. The summed E-state index contributed by atoms with van der Waals surface area (Å²) in [6.45, 7) is 7.82. The second kappa shape index (κ2) is 5.64. The molecule has 1 heteroatoms. The van der Waals surface area contributed by atoms with Crippen LogP contribution in [0.4, 0.5) is 0 Å². The summed E-state index contributed by atoms with van der Waals surface area (Å²) in [4.78, 5) is 12.3. The average Bonchev–Trinajstić information content (AvgIpc) is 2.33. The molecule has 1 aromatic rings. The van der Waals surface area contributed by atoms with Crippen molar-refractivity contribution in [2.75, 3.05) is 0 Å². The first-order chi connectivity index (χ1) is 7.71. The molecule has 0 aromatic heterocycles. The van der Waals surface area contributed by atoms with Gasteiger partial charge in [0.1, 0.15) is 5.78 Å². The van der Waals surface area contributed by atoms with Crippen LogP contribution in [0.25, 0.3) is 0 Å². The zero-order valence-corrected chi connectivity index (χ0v) is 10.2. The van der Waals surface area contributed by atoms with Crippen molar-refractivity contribution in [3.05, 3.63) is 48.6 Å². The third-order valence-electron chi connectivity index (χ3n) is 3.40. The quantitative estimate of drug-likeness (QED) is 0.659. The predicted molar refractivity (Wildman–Crippen MR) is 68.5 cm³/mol. The molecule has 86 valence electrons. The maximum absolute atomic E-state index is 12.3. The summed E-state index contributed by atoms with van der Waals surface area (Å²) >= 11 is 0. The molecular weight excluding hydrogens is 196 g/mol. The molecule has 1 rings (SSSR count). The molecule has 0 saturated carbocycles. The van der Waals surface area contributed by atoms with Crippen molar-refractivity contribution in [2.45, 2.75) is 38.5 Å². The normalized spacial score (nSPS) is 11.1. The summed E-state index contributed by atoms with van der Waals surface area (Å²) in [6, 6.07) is 10.1. The van der Waals surface area contributed by atoms with Crippen molar-refractivity contribution in [1.29, 1.82) is 0 Å². The van der Waals surface area contributed by atoms with Gasteiger partial charge in [-0.1, -0.05) is 50.3 Å². The first kappa shape index (κ1) is 12.7. The number of rotatable bonds is 6. The molecule has 16 heavy (non-hydrogen) atoms. The SMILES string of the molecule is C=CCC(=O)C(CC)(CC)c1ccccc1. The molecule has 1 aromatic carbocycles. The van der Waals surface area contributed by atoms with Crippen LogP contribution < -0.4 is 0 Å². The van der Waals surface area contributed by atoms with Gasteiger partial charge in [0, 0.05) is 6.42 Å². The van der Waals surface area contributed by atoms with Crippen LogP contribution in [0.3, 0.4) is 0 Å². The highest BCUT2D eigenvalue weighted by Crippen LogP contribution is 2.33. The Morgan fingerprint density at radius 3 is 2.25 bits per heavy atom. The van der Waals surface area contributed by atoms with Gasteiger partial charge in [0.2, 0.25) is 0 Å². The number of Topliss-reactive ketones (excluding diaryl/α,β-unsaturated/α-hetero) is 1. The van der Waals surface area contributed by atoms with E-state index in [0.29, 0.717) is 6.42 Å². The van der Waals surface area contributed by atoms with Gasteiger partial charge in [-0.25, -0.2) is 0 Å². The van der Waals surface area contributed by atoms with Crippen molar-refractivity contribution in [3.8, 4) is 0 Å². The van der Waals surface area contributed by atoms with Gasteiger partial charge in [-0.05, 0) is 18.4 Å². The average molecular weight is 216 g/mol. The number of benzene rings is 1. The van der Waals surface area contributed by atoms with Gasteiger partial charge in [0.05, 0.1) is 5.41 Å². The topological polar surface area (TPSA) is 17.1 Å². The van der Waals surface area contributed by atoms with Crippen molar-refractivity contribution in [2.24, 2.45) is 0 Å². The predicted octanol–water partition coefficient (Wildman–Crippen LogP) is 3.89. The zero-order valence-electron chi connectivity index (χ0n) is 10.2. The number of ketones is 1. The maximum Gasteiger partial charge on any atom is 0.147 e. The third-order valence-corrected chi connectivity index (χ3v) is 3.40. The highest BCUT2D eigenvalue weighted by Gasteiger charge is 2.34. The minimum Gasteiger partial charge on any atom is -0.298 e. The van der Waals surface area contributed by atoms with E-state index in [2.05, 4.69) is 20.4 Å². The highest BCUT2D eigenvalue weighted by atomic mass is 16.1. The van der Waals surface area contributed by atoms with E-state index in [9.17, 15) is 4.79 Å². The Hall–Kier alpha value is -1.37. The van der Waals surface area contributed by atoms with E-state index in [0.717, 1.165) is 18.4 Å². The Morgan fingerprint density at radius 1 is 1.25 bits per heavy atom. The molecule has 1 nitrogen and oxygen atoms in total. The first-order valence-corrected chi connectivity index (χ1v) is 5.91. The summed E-state index contributed by atoms with van der Waals surface area (Å²) in [5.74, 6) is 0.277. The molecule has 0 aliphatic carbocycles. The van der Waals surface area contributed by atoms with E-state index < -0.39 is 0 Å². The van der Waals surface area contributed by atoms with Crippen LogP contribution in [0.2, 0.25) is 0 Å². The lowest BCUT2D eigenvalue weighted by Crippen LogP contribution is -2.34. The molecular formula is C15H20O. The van der Waals surface area contributed by atoms with Crippen LogP contribution in [0.1, 0.15) is 38.7 Å². The minimum atomic E-state index is -0.324. The monoisotopic (exact) mass is 216 g/mol. The minimum absolute atomic E-state index is 0.277. The highest BCUT2D eigenvalue weighted by molar-refractivity contribution is 5.91. The van der Waals surface area contributed by atoms with Gasteiger partial charge in [0.15, 0.2) is 0 Å². The lowest BCUT2D eigenvalue weighted by Gasteiger charge is -2.30. The van der Waals surface area contributed by atoms with Crippen molar-refractivity contribution >= 4 is 5.78 Å². The molecule has 0 fully saturated rings. The van der Waals surface area contributed by atoms with E-state index >= 15 is 0 Å². The number of carbonyl (C=O) groups excluding carboxylic acids is 1. The second-order valence-electron chi connectivity index (χ2n) is 4.07. The standard InChI is InChI=1S/C15H20O/c1-4-10-14(16)15(5-2,6-3)13-11-8-7-9-12-13/h4,7-9,11-12H,1,5-6,10H2,2-3H3. The van der Waals surface area contributed by atoms with Crippen molar-refractivity contribution in [3.63, 3.8) is 0 Å². The van der Waals surface area contributed by atoms with Gasteiger partial charge >= 0.3 is 0 Å². The molecule has 0 N–H and O–H groups in total. The van der Waals surface area contributed by atoms with Crippen LogP contribution >= 0.6 is 0 Å². The van der Waals surface area contributed by atoms with Gasteiger partial charge in [-0.3, -0.25) is 4.79 Å². The molecule has 0 radical (unpaired) electrons. The Bertz CT molecular complexity index is 347. The van der Waals surface area contributed by atoms with Crippen LogP contribution in [-0.2, 0) is 10.2 Å². The Morgan fingerprint density at radius 2 is 1.81 bits per heavy atom. The maximum atomic E-state index is 12.3. The lowest BCUT2D eigenvalue weighted by atomic mass is 9.71. The van der Waals surface area contributed by atoms with Crippen LogP contribution in [0.15, 0.2) is 43.0 Å². The molecule has 0 unspecified atom stereocenters. The molecule has 0 saturated heterocycles. The summed E-state index contributed by atoms with van der Waals surface area (Å²) in [5, 5.41) is 0. The molecule has 0 aliphatic heterocycles. The van der Waals surface area contributed by atoms with Crippen molar-refractivity contribution < 1.29 is 4.79 Å². The molecule has 0 spiro atoms. The largest absolute Gasteiger partial charge is 0.298 e. The fourth-order valence-electron chi connectivity index (χ4n) is 2.30. The van der Waals surface area contributed by atoms with Gasteiger partial charge < -0.3 is 0 Å². The fourth-order valence-corrected chi connectivity index (χ4v) is 2.30. The van der Waals surface area contributed by atoms with Gasteiger partial charge in [0.25, 0.3) is 0 Å². The molecule has 0 bridgehead atoms. The van der Waals surface area contributed by atoms with E-state index in [1.54, 1.807) is 6.08 Å².